The van der Waals surface area contributed by atoms with E-state index in [2.05, 4.69) is 26.5 Å². The molecule has 0 heterocycles. The average Bonchev–Trinajstić information content (AvgIpc) is 2.20. The van der Waals surface area contributed by atoms with Gasteiger partial charge in [-0.1, -0.05) is 32.1 Å². The smallest absolute Gasteiger partial charge is 0.0862 e. The molecule has 0 radical (unpaired) electrons. The first kappa shape index (κ1) is 11.9. The van der Waals surface area contributed by atoms with Crippen LogP contribution in [0, 0.1) is 11.3 Å². The number of hydrogen-bond acceptors (Lipinski definition) is 1. The predicted molar refractivity (Wildman–Crippen MR) is 68.2 cm³/mol. The molecular formula is C15H24O. The van der Waals surface area contributed by atoms with Gasteiger partial charge in [0.1, 0.15) is 0 Å². The monoisotopic (exact) mass is 220 g/mol. The lowest BCUT2D eigenvalue weighted by atomic mass is 9.56. The van der Waals surface area contributed by atoms with Crippen LogP contribution in [0.1, 0.15) is 52.9 Å². The van der Waals surface area contributed by atoms with Gasteiger partial charge in [0.05, 0.1) is 5.60 Å². The SMILES string of the molecule is C=C(C)C1(O)CCC2=CCCC(C)C2(C)C1. The highest BCUT2D eigenvalue weighted by atomic mass is 16.3. The third kappa shape index (κ3) is 1.66. The molecule has 2 rings (SSSR count). The summed E-state index contributed by atoms with van der Waals surface area (Å²) in [4.78, 5) is 0. The average molecular weight is 220 g/mol. The highest BCUT2D eigenvalue weighted by Crippen LogP contribution is 2.54. The molecule has 3 atom stereocenters. The molecule has 1 heteroatoms. The standard InChI is InChI=1S/C15H24O/c1-11(2)15(16)9-8-13-7-5-6-12(3)14(13,4)10-15/h7,12,16H,1,5-6,8-10H2,2-4H3. The summed E-state index contributed by atoms with van der Waals surface area (Å²) >= 11 is 0. The summed E-state index contributed by atoms with van der Waals surface area (Å²) in [5.41, 5.74) is 2.09. The minimum Gasteiger partial charge on any atom is -0.385 e. The van der Waals surface area contributed by atoms with Gasteiger partial charge in [-0.25, -0.2) is 0 Å². The van der Waals surface area contributed by atoms with Gasteiger partial charge in [0, 0.05) is 0 Å². The second-order valence-corrected chi connectivity index (χ2v) is 6.11. The van der Waals surface area contributed by atoms with E-state index in [-0.39, 0.29) is 5.41 Å². The summed E-state index contributed by atoms with van der Waals surface area (Å²) in [7, 11) is 0. The van der Waals surface area contributed by atoms with E-state index < -0.39 is 5.60 Å². The third-order valence-corrected chi connectivity index (χ3v) is 5.07. The summed E-state index contributed by atoms with van der Waals surface area (Å²) in [5.74, 6) is 0.679. The van der Waals surface area contributed by atoms with Gasteiger partial charge in [0.2, 0.25) is 0 Å². The molecule has 0 amide bonds. The maximum absolute atomic E-state index is 10.6. The van der Waals surface area contributed by atoms with Crippen molar-refractivity contribution < 1.29 is 5.11 Å². The molecule has 0 aromatic heterocycles. The van der Waals surface area contributed by atoms with Gasteiger partial charge in [-0.3, -0.25) is 0 Å². The molecule has 2 aliphatic carbocycles. The second-order valence-electron chi connectivity index (χ2n) is 6.11. The molecular weight excluding hydrogens is 196 g/mol. The van der Waals surface area contributed by atoms with E-state index in [0.29, 0.717) is 5.92 Å². The Morgan fingerprint density at radius 2 is 2.25 bits per heavy atom. The fourth-order valence-electron chi connectivity index (χ4n) is 3.45. The maximum Gasteiger partial charge on any atom is 0.0862 e. The van der Waals surface area contributed by atoms with Crippen molar-refractivity contribution in [3.05, 3.63) is 23.8 Å². The van der Waals surface area contributed by atoms with Crippen molar-refractivity contribution in [3.8, 4) is 0 Å². The molecule has 0 bridgehead atoms. The molecule has 2 aliphatic rings. The Morgan fingerprint density at radius 1 is 1.56 bits per heavy atom. The first-order valence-corrected chi connectivity index (χ1v) is 6.46. The zero-order valence-corrected chi connectivity index (χ0v) is 10.8. The van der Waals surface area contributed by atoms with E-state index >= 15 is 0 Å². The number of rotatable bonds is 1. The van der Waals surface area contributed by atoms with Crippen molar-refractivity contribution >= 4 is 0 Å². The minimum absolute atomic E-state index is 0.199. The summed E-state index contributed by atoms with van der Waals surface area (Å²) in [6.07, 6.45) is 7.66. The molecule has 90 valence electrons. The van der Waals surface area contributed by atoms with Crippen LogP contribution in [-0.2, 0) is 0 Å². The predicted octanol–water partition coefficient (Wildman–Crippen LogP) is 3.84. The van der Waals surface area contributed by atoms with E-state index in [1.54, 1.807) is 5.57 Å². The van der Waals surface area contributed by atoms with Crippen molar-refractivity contribution in [1.82, 2.24) is 0 Å². The number of fused-ring (bicyclic) bond motifs is 1. The summed E-state index contributed by atoms with van der Waals surface area (Å²) < 4.78 is 0. The van der Waals surface area contributed by atoms with Crippen molar-refractivity contribution in [2.24, 2.45) is 11.3 Å². The van der Waals surface area contributed by atoms with Crippen LogP contribution in [0.2, 0.25) is 0 Å². The van der Waals surface area contributed by atoms with Crippen LogP contribution in [0.15, 0.2) is 23.8 Å². The zero-order valence-electron chi connectivity index (χ0n) is 10.8. The first-order chi connectivity index (χ1) is 7.38. The van der Waals surface area contributed by atoms with Crippen LogP contribution in [0.5, 0.6) is 0 Å². The Balaban J connectivity index is 2.33. The van der Waals surface area contributed by atoms with Gasteiger partial charge in [-0.15, -0.1) is 0 Å². The number of aliphatic hydroxyl groups is 1. The lowest BCUT2D eigenvalue weighted by Gasteiger charge is -2.50. The van der Waals surface area contributed by atoms with Crippen LogP contribution < -0.4 is 0 Å². The molecule has 0 aliphatic heterocycles. The van der Waals surface area contributed by atoms with E-state index in [1.165, 1.54) is 12.8 Å². The molecule has 1 nitrogen and oxygen atoms in total. The molecule has 0 spiro atoms. The third-order valence-electron chi connectivity index (χ3n) is 5.07. The Morgan fingerprint density at radius 3 is 2.88 bits per heavy atom. The minimum atomic E-state index is -0.627. The highest BCUT2D eigenvalue weighted by molar-refractivity contribution is 5.27. The van der Waals surface area contributed by atoms with Gasteiger partial charge in [0.25, 0.3) is 0 Å². The van der Waals surface area contributed by atoms with Gasteiger partial charge in [-0.05, 0) is 55.9 Å². The van der Waals surface area contributed by atoms with Crippen LogP contribution >= 0.6 is 0 Å². The molecule has 1 fully saturated rings. The van der Waals surface area contributed by atoms with Gasteiger partial charge in [0.15, 0.2) is 0 Å². The summed E-state index contributed by atoms with van der Waals surface area (Å²) in [5, 5.41) is 10.6. The lowest BCUT2D eigenvalue weighted by molar-refractivity contribution is -0.0118. The quantitative estimate of drug-likeness (QED) is 0.666. The number of hydrogen-bond donors (Lipinski definition) is 1. The molecule has 0 aromatic rings. The van der Waals surface area contributed by atoms with Crippen molar-refractivity contribution in [2.75, 3.05) is 0 Å². The van der Waals surface area contributed by atoms with Crippen LogP contribution in [-0.4, -0.2) is 10.7 Å². The fraction of sp³-hybridized carbons (Fsp3) is 0.733. The molecule has 0 saturated heterocycles. The van der Waals surface area contributed by atoms with Crippen molar-refractivity contribution in [1.29, 1.82) is 0 Å². The van der Waals surface area contributed by atoms with E-state index in [4.69, 9.17) is 0 Å². The first-order valence-electron chi connectivity index (χ1n) is 6.46. The lowest BCUT2D eigenvalue weighted by Crippen LogP contribution is -2.46. The van der Waals surface area contributed by atoms with Crippen molar-refractivity contribution in [2.45, 2.75) is 58.5 Å². The maximum atomic E-state index is 10.6. The largest absolute Gasteiger partial charge is 0.385 e. The zero-order chi connectivity index (χ0) is 12.0. The van der Waals surface area contributed by atoms with Crippen LogP contribution in [0.4, 0.5) is 0 Å². The van der Waals surface area contributed by atoms with Gasteiger partial charge < -0.3 is 5.11 Å². The van der Waals surface area contributed by atoms with Crippen LogP contribution in [0.3, 0.4) is 0 Å². The van der Waals surface area contributed by atoms with Crippen molar-refractivity contribution in [3.63, 3.8) is 0 Å². The van der Waals surface area contributed by atoms with Gasteiger partial charge >= 0.3 is 0 Å². The molecule has 1 N–H and O–H groups in total. The Kier molecular flexibility index (Phi) is 2.78. The normalized spacial score (nSPS) is 43.5. The molecule has 1 saturated carbocycles. The highest BCUT2D eigenvalue weighted by Gasteiger charge is 2.47. The summed E-state index contributed by atoms with van der Waals surface area (Å²) in [6, 6.07) is 0. The molecule has 16 heavy (non-hydrogen) atoms. The van der Waals surface area contributed by atoms with E-state index in [9.17, 15) is 5.11 Å². The molecule has 0 aromatic carbocycles. The Bertz CT molecular complexity index is 341. The number of allylic oxidation sites excluding steroid dienone is 2. The summed E-state index contributed by atoms with van der Waals surface area (Å²) in [6.45, 7) is 10.6. The Hall–Kier alpha value is -0.560. The molecule has 3 unspecified atom stereocenters. The fourth-order valence-corrected chi connectivity index (χ4v) is 3.45. The van der Waals surface area contributed by atoms with Gasteiger partial charge in [-0.2, -0.15) is 0 Å². The van der Waals surface area contributed by atoms with E-state index in [1.807, 2.05) is 6.92 Å². The topological polar surface area (TPSA) is 20.2 Å². The second kappa shape index (κ2) is 3.73. The van der Waals surface area contributed by atoms with E-state index in [0.717, 1.165) is 24.8 Å². The van der Waals surface area contributed by atoms with Crippen LogP contribution in [0.25, 0.3) is 0 Å². The Labute approximate surface area is 99.3 Å².